The van der Waals surface area contributed by atoms with Gasteiger partial charge in [-0.05, 0) is 24.0 Å². The molecule has 17 heavy (non-hydrogen) atoms. The van der Waals surface area contributed by atoms with Crippen LogP contribution in [0.2, 0.25) is 0 Å². The minimum absolute atomic E-state index is 0.286. The van der Waals surface area contributed by atoms with E-state index >= 15 is 0 Å². The Morgan fingerprint density at radius 2 is 2.24 bits per heavy atom. The number of hydrogen-bond acceptors (Lipinski definition) is 3. The van der Waals surface area contributed by atoms with Crippen molar-refractivity contribution in [2.45, 2.75) is 19.4 Å². The summed E-state index contributed by atoms with van der Waals surface area (Å²) in [4.78, 5) is 4.12. The molecule has 4 heteroatoms. The molecule has 0 aliphatic carbocycles. The van der Waals surface area contributed by atoms with Crippen molar-refractivity contribution in [1.29, 1.82) is 0 Å². The Morgan fingerprint density at radius 3 is 3.00 bits per heavy atom. The van der Waals surface area contributed by atoms with Crippen molar-refractivity contribution >= 4 is 21.6 Å². The Labute approximate surface area is 104 Å². The molecule has 0 spiro atoms. The van der Waals surface area contributed by atoms with E-state index in [4.69, 9.17) is 0 Å². The van der Waals surface area contributed by atoms with Crippen molar-refractivity contribution in [2.75, 3.05) is 0 Å². The van der Waals surface area contributed by atoms with Crippen LogP contribution in [0.25, 0.3) is 10.1 Å². The minimum Gasteiger partial charge on any atom is -0.328 e. The van der Waals surface area contributed by atoms with Crippen molar-refractivity contribution in [3.8, 4) is 0 Å². The number of hydrogen-bond donors (Lipinski definition) is 0. The van der Waals surface area contributed by atoms with Gasteiger partial charge in [0.1, 0.15) is 0 Å². The fourth-order valence-corrected chi connectivity index (χ4v) is 2.97. The summed E-state index contributed by atoms with van der Waals surface area (Å²) in [5.41, 5.74) is 1.16. The van der Waals surface area contributed by atoms with Gasteiger partial charge in [0.25, 0.3) is 0 Å². The Hall–Kier alpha value is -1.68. The Balaban J connectivity index is 2.13. The van der Waals surface area contributed by atoms with E-state index in [1.54, 1.807) is 11.5 Å². The molecule has 0 bridgehead atoms. The van der Waals surface area contributed by atoms with Crippen LogP contribution in [0.1, 0.15) is 25.1 Å². The van der Waals surface area contributed by atoms with Gasteiger partial charge in [-0.1, -0.05) is 25.1 Å². The van der Waals surface area contributed by atoms with Crippen LogP contribution in [0, 0.1) is 0 Å². The van der Waals surface area contributed by atoms with Crippen molar-refractivity contribution in [1.82, 2.24) is 13.9 Å². The standard InChI is InChI=1S/C13H13N3S/c1-2-11(16-8-7-14-9-16)13-10-5-3-4-6-12(10)17-15-13/h3-9,11H,2H2,1H3. The lowest BCUT2D eigenvalue weighted by molar-refractivity contribution is 0.560. The fourth-order valence-electron chi connectivity index (χ4n) is 2.14. The third kappa shape index (κ3) is 1.74. The Morgan fingerprint density at radius 1 is 1.35 bits per heavy atom. The highest BCUT2D eigenvalue weighted by Crippen LogP contribution is 2.30. The highest BCUT2D eigenvalue weighted by atomic mass is 32.1. The summed E-state index contributed by atoms with van der Waals surface area (Å²) in [7, 11) is 0. The molecule has 0 saturated heterocycles. The van der Waals surface area contributed by atoms with Crippen molar-refractivity contribution in [3.05, 3.63) is 48.7 Å². The zero-order valence-corrected chi connectivity index (χ0v) is 10.4. The van der Waals surface area contributed by atoms with Gasteiger partial charge in [-0.25, -0.2) is 4.98 Å². The second-order valence-electron chi connectivity index (χ2n) is 4.00. The normalized spacial score (nSPS) is 13.0. The lowest BCUT2D eigenvalue weighted by Gasteiger charge is -2.14. The van der Waals surface area contributed by atoms with Crippen LogP contribution >= 0.6 is 11.5 Å². The zero-order chi connectivity index (χ0) is 11.7. The third-order valence-corrected chi connectivity index (χ3v) is 3.83. The van der Waals surface area contributed by atoms with Gasteiger partial charge in [0.05, 0.1) is 22.8 Å². The molecule has 3 rings (SSSR count). The Kier molecular flexibility index (Phi) is 2.65. The van der Waals surface area contributed by atoms with Crippen LogP contribution in [0.5, 0.6) is 0 Å². The SMILES string of the molecule is CCC(c1nsc2ccccc12)n1ccnc1. The molecule has 0 radical (unpaired) electrons. The number of benzene rings is 1. The van der Waals surface area contributed by atoms with Gasteiger partial charge in [-0.3, -0.25) is 0 Å². The van der Waals surface area contributed by atoms with Gasteiger partial charge in [-0.2, -0.15) is 4.37 Å². The molecule has 0 N–H and O–H groups in total. The molecule has 2 heterocycles. The second-order valence-corrected chi connectivity index (χ2v) is 4.80. The largest absolute Gasteiger partial charge is 0.328 e. The van der Waals surface area contributed by atoms with E-state index in [0.717, 1.165) is 12.1 Å². The maximum Gasteiger partial charge on any atom is 0.0952 e. The van der Waals surface area contributed by atoms with Gasteiger partial charge in [0.2, 0.25) is 0 Å². The molecule has 1 unspecified atom stereocenters. The summed E-state index contributed by atoms with van der Waals surface area (Å²) >= 11 is 1.57. The third-order valence-electron chi connectivity index (χ3n) is 2.99. The molecule has 0 aliphatic rings. The zero-order valence-electron chi connectivity index (χ0n) is 9.58. The number of aromatic nitrogens is 3. The van der Waals surface area contributed by atoms with E-state index in [9.17, 15) is 0 Å². The highest BCUT2D eigenvalue weighted by molar-refractivity contribution is 7.13. The van der Waals surface area contributed by atoms with E-state index in [2.05, 4.69) is 45.1 Å². The van der Waals surface area contributed by atoms with Crippen LogP contribution in [0.15, 0.2) is 43.0 Å². The lowest BCUT2D eigenvalue weighted by Crippen LogP contribution is -2.08. The van der Waals surface area contributed by atoms with E-state index in [1.807, 2.05) is 18.7 Å². The molecule has 3 nitrogen and oxygen atoms in total. The first-order chi connectivity index (χ1) is 8.40. The molecule has 1 aromatic carbocycles. The minimum atomic E-state index is 0.286. The maximum absolute atomic E-state index is 4.62. The average Bonchev–Trinajstić information content (AvgIpc) is 3.01. The van der Waals surface area contributed by atoms with Crippen LogP contribution in [-0.4, -0.2) is 13.9 Å². The summed E-state index contributed by atoms with van der Waals surface area (Å²) < 4.78 is 7.99. The summed E-state index contributed by atoms with van der Waals surface area (Å²) in [6, 6.07) is 8.68. The average molecular weight is 243 g/mol. The Bertz CT molecular complexity index is 612. The second kappa shape index (κ2) is 4.30. The maximum atomic E-state index is 4.62. The molecule has 86 valence electrons. The van der Waals surface area contributed by atoms with Crippen LogP contribution in [0.4, 0.5) is 0 Å². The summed E-state index contributed by atoms with van der Waals surface area (Å²) in [6.45, 7) is 2.18. The molecular weight excluding hydrogens is 230 g/mol. The molecule has 0 saturated carbocycles. The predicted molar refractivity (Wildman–Crippen MR) is 70.3 cm³/mol. The highest BCUT2D eigenvalue weighted by Gasteiger charge is 2.16. The monoisotopic (exact) mass is 243 g/mol. The first kappa shape index (κ1) is 10.5. The first-order valence-electron chi connectivity index (χ1n) is 5.72. The molecular formula is C13H13N3S. The molecule has 3 aromatic rings. The van der Waals surface area contributed by atoms with Crippen LogP contribution < -0.4 is 0 Å². The topological polar surface area (TPSA) is 30.7 Å². The number of rotatable bonds is 3. The first-order valence-corrected chi connectivity index (χ1v) is 6.49. The fraction of sp³-hybridized carbons (Fsp3) is 0.231. The quantitative estimate of drug-likeness (QED) is 0.705. The molecule has 0 fully saturated rings. The van der Waals surface area contributed by atoms with Crippen LogP contribution in [0.3, 0.4) is 0 Å². The summed E-state index contributed by atoms with van der Waals surface area (Å²) in [6.07, 6.45) is 6.70. The molecule has 0 aliphatic heterocycles. The van der Waals surface area contributed by atoms with Crippen molar-refractivity contribution in [3.63, 3.8) is 0 Å². The van der Waals surface area contributed by atoms with Crippen molar-refractivity contribution in [2.24, 2.45) is 0 Å². The molecule has 1 atom stereocenters. The predicted octanol–water partition coefficient (Wildman–Crippen LogP) is 3.49. The summed E-state index contributed by atoms with van der Waals surface area (Å²) in [5, 5.41) is 1.26. The number of fused-ring (bicyclic) bond motifs is 1. The number of nitrogens with zero attached hydrogens (tertiary/aromatic N) is 3. The van der Waals surface area contributed by atoms with Crippen LogP contribution in [-0.2, 0) is 0 Å². The molecule has 2 aromatic heterocycles. The van der Waals surface area contributed by atoms with Gasteiger partial charge in [-0.15, -0.1) is 0 Å². The van der Waals surface area contributed by atoms with E-state index in [-0.39, 0.29) is 6.04 Å². The van der Waals surface area contributed by atoms with E-state index in [1.165, 1.54) is 10.1 Å². The van der Waals surface area contributed by atoms with Gasteiger partial charge < -0.3 is 4.57 Å². The van der Waals surface area contributed by atoms with Gasteiger partial charge >= 0.3 is 0 Å². The van der Waals surface area contributed by atoms with E-state index in [0.29, 0.717) is 0 Å². The lowest BCUT2D eigenvalue weighted by atomic mass is 10.1. The van der Waals surface area contributed by atoms with Gasteiger partial charge in [0.15, 0.2) is 0 Å². The van der Waals surface area contributed by atoms with Gasteiger partial charge in [0, 0.05) is 17.8 Å². The molecule has 0 amide bonds. The number of imidazole rings is 1. The summed E-state index contributed by atoms with van der Waals surface area (Å²) in [5.74, 6) is 0. The van der Waals surface area contributed by atoms with Crippen molar-refractivity contribution < 1.29 is 0 Å². The van der Waals surface area contributed by atoms with E-state index < -0.39 is 0 Å². The smallest absolute Gasteiger partial charge is 0.0952 e.